The number of para-hydroxylation sites is 1. The highest BCUT2D eigenvalue weighted by molar-refractivity contribution is 9.10. The standard InChI is InChI=1S/C13H7BrF2N2/c14-9-3-1-2-4-12(9)18-13-10(15)5-8(7-17)6-11(13)16/h1-6,18H. The Morgan fingerprint density at radius 1 is 1.11 bits per heavy atom. The highest BCUT2D eigenvalue weighted by atomic mass is 79.9. The Kier molecular flexibility index (Phi) is 3.58. The summed E-state index contributed by atoms with van der Waals surface area (Å²) < 4.78 is 28.0. The minimum atomic E-state index is -0.803. The maximum Gasteiger partial charge on any atom is 0.150 e. The van der Waals surface area contributed by atoms with E-state index in [-0.39, 0.29) is 11.3 Å². The molecule has 5 heteroatoms. The predicted octanol–water partition coefficient (Wildman–Crippen LogP) is 4.34. The number of halogens is 3. The second kappa shape index (κ2) is 5.15. The molecule has 0 atom stereocenters. The van der Waals surface area contributed by atoms with Crippen LogP contribution in [0.2, 0.25) is 0 Å². The van der Waals surface area contributed by atoms with E-state index in [4.69, 9.17) is 5.26 Å². The van der Waals surface area contributed by atoms with Crippen molar-refractivity contribution in [3.05, 3.63) is 58.1 Å². The minimum Gasteiger partial charge on any atom is -0.350 e. The number of anilines is 2. The molecule has 2 nitrogen and oxygen atoms in total. The summed E-state index contributed by atoms with van der Waals surface area (Å²) in [6, 6.07) is 10.6. The summed E-state index contributed by atoms with van der Waals surface area (Å²) in [5.41, 5.74) is 0.212. The topological polar surface area (TPSA) is 35.8 Å². The monoisotopic (exact) mass is 308 g/mol. The van der Waals surface area contributed by atoms with Crippen molar-refractivity contribution in [1.82, 2.24) is 0 Å². The van der Waals surface area contributed by atoms with Crippen molar-refractivity contribution >= 4 is 27.3 Å². The van der Waals surface area contributed by atoms with Gasteiger partial charge in [0, 0.05) is 4.47 Å². The summed E-state index contributed by atoms with van der Waals surface area (Å²) in [5, 5.41) is 11.3. The molecule has 0 fully saturated rings. The molecule has 0 heterocycles. The molecule has 2 aromatic carbocycles. The first-order chi connectivity index (χ1) is 8.61. The molecule has 0 amide bonds. The van der Waals surface area contributed by atoms with Gasteiger partial charge < -0.3 is 5.32 Å². The van der Waals surface area contributed by atoms with Gasteiger partial charge in [0.1, 0.15) is 5.69 Å². The van der Waals surface area contributed by atoms with E-state index >= 15 is 0 Å². The average molecular weight is 309 g/mol. The van der Waals surface area contributed by atoms with Crippen molar-refractivity contribution < 1.29 is 8.78 Å². The number of nitriles is 1. The van der Waals surface area contributed by atoms with Gasteiger partial charge in [-0.1, -0.05) is 12.1 Å². The van der Waals surface area contributed by atoms with Crippen LogP contribution in [0, 0.1) is 23.0 Å². The lowest BCUT2D eigenvalue weighted by Crippen LogP contribution is -1.99. The van der Waals surface area contributed by atoms with Gasteiger partial charge in [0.15, 0.2) is 11.6 Å². The van der Waals surface area contributed by atoms with Crippen LogP contribution in [0.25, 0.3) is 0 Å². The second-order valence-electron chi connectivity index (χ2n) is 3.53. The number of hydrogen-bond donors (Lipinski definition) is 1. The Bertz CT molecular complexity index is 612. The molecule has 2 rings (SSSR count). The van der Waals surface area contributed by atoms with Crippen molar-refractivity contribution in [3.63, 3.8) is 0 Å². The van der Waals surface area contributed by atoms with Crippen LogP contribution in [-0.4, -0.2) is 0 Å². The average Bonchev–Trinajstić information content (AvgIpc) is 2.35. The molecule has 0 aliphatic rings. The van der Waals surface area contributed by atoms with E-state index in [9.17, 15) is 8.78 Å². The largest absolute Gasteiger partial charge is 0.350 e. The Hall–Kier alpha value is -1.93. The SMILES string of the molecule is N#Cc1cc(F)c(Nc2ccccc2Br)c(F)c1. The fourth-order valence-corrected chi connectivity index (χ4v) is 1.84. The van der Waals surface area contributed by atoms with Crippen molar-refractivity contribution in [3.8, 4) is 6.07 Å². The lowest BCUT2D eigenvalue weighted by atomic mass is 10.2. The number of benzene rings is 2. The third-order valence-corrected chi connectivity index (χ3v) is 3.00. The molecule has 0 aliphatic heterocycles. The van der Waals surface area contributed by atoms with Crippen LogP contribution < -0.4 is 5.32 Å². The molecular weight excluding hydrogens is 302 g/mol. The van der Waals surface area contributed by atoms with Gasteiger partial charge in [-0.3, -0.25) is 0 Å². The molecule has 2 aromatic rings. The summed E-state index contributed by atoms with van der Waals surface area (Å²) >= 11 is 3.27. The molecule has 90 valence electrons. The molecule has 0 saturated heterocycles. The van der Waals surface area contributed by atoms with Gasteiger partial charge in [-0.25, -0.2) is 8.78 Å². The molecule has 0 saturated carbocycles. The van der Waals surface area contributed by atoms with Gasteiger partial charge >= 0.3 is 0 Å². The fraction of sp³-hybridized carbons (Fsp3) is 0. The highest BCUT2D eigenvalue weighted by Crippen LogP contribution is 2.29. The smallest absolute Gasteiger partial charge is 0.150 e. The zero-order chi connectivity index (χ0) is 13.1. The van der Waals surface area contributed by atoms with E-state index in [0.29, 0.717) is 10.2 Å². The number of hydrogen-bond acceptors (Lipinski definition) is 2. The Balaban J connectivity index is 2.42. The Morgan fingerprint density at radius 2 is 1.72 bits per heavy atom. The van der Waals surface area contributed by atoms with E-state index in [1.54, 1.807) is 30.3 Å². The van der Waals surface area contributed by atoms with E-state index in [0.717, 1.165) is 12.1 Å². The highest BCUT2D eigenvalue weighted by Gasteiger charge is 2.12. The Labute approximate surface area is 111 Å². The summed E-state index contributed by atoms with van der Waals surface area (Å²) in [6.07, 6.45) is 0. The van der Waals surface area contributed by atoms with Crippen molar-refractivity contribution in [1.29, 1.82) is 5.26 Å². The van der Waals surface area contributed by atoms with E-state index in [1.165, 1.54) is 0 Å². The van der Waals surface area contributed by atoms with E-state index in [1.807, 2.05) is 0 Å². The molecule has 0 radical (unpaired) electrons. The molecule has 0 bridgehead atoms. The second-order valence-corrected chi connectivity index (χ2v) is 4.39. The van der Waals surface area contributed by atoms with E-state index < -0.39 is 11.6 Å². The van der Waals surface area contributed by atoms with Crippen LogP contribution in [-0.2, 0) is 0 Å². The van der Waals surface area contributed by atoms with Gasteiger partial charge in [-0.15, -0.1) is 0 Å². The summed E-state index contributed by atoms with van der Waals surface area (Å²) in [7, 11) is 0. The van der Waals surface area contributed by atoms with Gasteiger partial charge in [0.2, 0.25) is 0 Å². The maximum absolute atomic E-state index is 13.6. The zero-order valence-corrected chi connectivity index (χ0v) is 10.6. The fourth-order valence-electron chi connectivity index (χ4n) is 1.45. The summed E-state index contributed by atoms with van der Waals surface area (Å²) in [6.45, 7) is 0. The first kappa shape index (κ1) is 12.5. The van der Waals surface area contributed by atoms with Crippen molar-refractivity contribution in [2.24, 2.45) is 0 Å². The normalized spacial score (nSPS) is 9.89. The predicted molar refractivity (Wildman–Crippen MR) is 68.5 cm³/mol. The van der Waals surface area contributed by atoms with Crippen LogP contribution in [0.1, 0.15) is 5.56 Å². The molecule has 18 heavy (non-hydrogen) atoms. The number of rotatable bonds is 2. The van der Waals surface area contributed by atoms with Gasteiger partial charge in [-0.05, 0) is 40.2 Å². The first-order valence-electron chi connectivity index (χ1n) is 5.02. The maximum atomic E-state index is 13.6. The Morgan fingerprint density at radius 3 is 2.28 bits per heavy atom. The van der Waals surface area contributed by atoms with Gasteiger partial charge in [-0.2, -0.15) is 5.26 Å². The molecule has 0 spiro atoms. The van der Waals surface area contributed by atoms with Gasteiger partial charge in [0.25, 0.3) is 0 Å². The minimum absolute atomic E-state index is 0.0531. The van der Waals surface area contributed by atoms with E-state index in [2.05, 4.69) is 21.2 Å². The number of nitrogens with zero attached hydrogens (tertiary/aromatic N) is 1. The zero-order valence-electron chi connectivity index (χ0n) is 9.05. The number of nitrogens with one attached hydrogen (secondary N) is 1. The van der Waals surface area contributed by atoms with Crippen LogP contribution in [0.3, 0.4) is 0 Å². The van der Waals surface area contributed by atoms with Crippen molar-refractivity contribution in [2.45, 2.75) is 0 Å². The third kappa shape index (κ3) is 2.49. The van der Waals surface area contributed by atoms with Crippen molar-refractivity contribution in [2.75, 3.05) is 5.32 Å². The summed E-state index contributed by atoms with van der Waals surface area (Å²) in [5.74, 6) is -1.61. The van der Waals surface area contributed by atoms with Crippen LogP contribution in [0.4, 0.5) is 20.2 Å². The quantitative estimate of drug-likeness (QED) is 0.895. The van der Waals surface area contributed by atoms with Crippen LogP contribution in [0.15, 0.2) is 40.9 Å². The molecular formula is C13H7BrF2N2. The van der Waals surface area contributed by atoms with Crippen LogP contribution in [0.5, 0.6) is 0 Å². The van der Waals surface area contributed by atoms with Crippen LogP contribution >= 0.6 is 15.9 Å². The molecule has 0 unspecified atom stereocenters. The molecule has 0 aliphatic carbocycles. The summed E-state index contributed by atoms with van der Waals surface area (Å²) in [4.78, 5) is 0. The first-order valence-corrected chi connectivity index (χ1v) is 5.82. The lowest BCUT2D eigenvalue weighted by molar-refractivity contribution is 0.590. The lowest BCUT2D eigenvalue weighted by Gasteiger charge is -2.10. The molecule has 1 N–H and O–H groups in total. The third-order valence-electron chi connectivity index (χ3n) is 2.30. The molecule has 0 aromatic heterocycles. The van der Waals surface area contributed by atoms with Gasteiger partial charge in [0.05, 0.1) is 17.3 Å².